The number of nitro groups is 1. The Morgan fingerprint density at radius 3 is 2.65 bits per heavy atom. The standard InChI is InChI=1S/C14H11BrClNO3/c1-9-6-11(15)3-5-14(9)20-8-10-2-4-12(17(18)19)7-13(10)16/h2-7H,8H2,1H3. The molecule has 0 spiro atoms. The average molecular weight is 357 g/mol. The van der Waals surface area contributed by atoms with Crippen LogP contribution < -0.4 is 4.74 Å². The molecule has 0 unspecified atom stereocenters. The Hall–Kier alpha value is -1.59. The van der Waals surface area contributed by atoms with Gasteiger partial charge in [-0.25, -0.2) is 0 Å². The quantitative estimate of drug-likeness (QED) is 0.578. The van der Waals surface area contributed by atoms with E-state index in [0.29, 0.717) is 10.6 Å². The Bertz CT molecular complexity index is 661. The predicted octanol–water partition coefficient (Wildman–Crippen LogP) is 4.90. The van der Waals surface area contributed by atoms with E-state index in [4.69, 9.17) is 16.3 Å². The number of ether oxygens (including phenoxy) is 1. The van der Waals surface area contributed by atoms with Gasteiger partial charge in [0.15, 0.2) is 0 Å². The van der Waals surface area contributed by atoms with Gasteiger partial charge < -0.3 is 4.74 Å². The number of nitrogens with zero attached hydrogens (tertiary/aromatic N) is 1. The number of hydrogen-bond donors (Lipinski definition) is 0. The lowest BCUT2D eigenvalue weighted by molar-refractivity contribution is -0.384. The number of hydrogen-bond acceptors (Lipinski definition) is 3. The SMILES string of the molecule is Cc1cc(Br)ccc1OCc1ccc([N+](=O)[O-])cc1Cl. The molecule has 0 saturated carbocycles. The normalized spacial score (nSPS) is 10.3. The second-order valence-corrected chi connectivity index (χ2v) is 5.55. The minimum Gasteiger partial charge on any atom is -0.489 e. The van der Waals surface area contributed by atoms with Crippen molar-refractivity contribution in [3.05, 3.63) is 67.1 Å². The highest BCUT2D eigenvalue weighted by molar-refractivity contribution is 9.10. The summed E-state index contributed by atoms with van der Waals surface area (Å²) in [6.07, 6.45) is 0. The van der Waals surface area contributed by atoms with Gasteiger partial charge in [-0.15, -0.1) is 0 Å². The van der Waals surface area contributed by atoms with Gasteiger partial charge in [-0.05, 0) is 36.8 Å². The highest BCUT2D eigenvalue weighted by Gasteiger charge is 2.10. The Morgan fingerprint density at radius 2 is 2.05 bits per heavy atom. The minimum absolute atomic E-state index is 0.0291. The van der Waals surface area contributed by atoms with E-state index in [1.54, 1.807) is 6.07 Å². The summed E-state index contributed by atoms with van der Waals surface area (Å²) in [5.74, 6) is 0.752. The Balaban J connectivity index is 2.13. The molecule has 0 amide bonds. The van der Waals surface area contributed by atoms with Crippen LogP contribution in [0.2, 0.25) is 5.02 Å². The molecule has 6 heteroatoms. The molecule has 4 nitrogen and oxygen atoms in total. The van der Waals surface area contributed by atoms with Crippen molar-refractivity contribution in [1.82, 2.24) is 0 Å². The largest absolute Gasteiger partial charge is 0.489 e. The lowest BCUT2D eigenvalue weighted by Crippen LogP contribution is -1.98. The number of benzene rings is 2. The predicted molar refractivity (Wildman–Crippen MR) is 81.3 cm³/mol. The summed E-state index contributed by atoms with van der Waals surface area (Å²) in [6.45, 7) is 2.21. The van der Waals surface area contributed by atoms with Crippen molar-refractivity contribution in [3.63, 3.8) is 0 Å². The number of halogens is 2. The van der Waals surface area contributed by atoms with Gasteiger partial charge in [-0.2, -0.15) is 0 Å². The fraction of sp³-hybridized carbons (Fsp3) is 0.143. The lowest BCUT2D eigenvalue weighted by Gasteiger charge is -2.10. The van der Waals surface area contributed by atoms with Crippen LogP contribution in [0.5, 0.6) is 5.75 Å². The van der Waals surface area contributed by atoms with E-state index in [9.17, 15) is 10.1 Å². The van der Waals surface area contributed by atoms with Crippen LogP contribution in [0.3, 0.4) is 0 Å². The van der Waals surface area contributed by atoms with E-state index >= 15 is 0 Å². The third-order valence-corrected chi connectivity index (χ3v) is 3.61. The van der Waals surface area contributed by atoms with Crippen LogP contribution in [0.25, 0.3) is 0 Å². The second kappa shape index (κ2) is 6.24. The zero-order valence-electron chi connectivity index (χ0n) is 10.6. The third kappa shape index (κ3) is 3.49. The molecule has 20 heavy (non-hydrogen) atoms. The molecular formula is C14H11BrClNO3. The zero-order chi connectivity index (χ0) is 14.7. The highest BCUT2D eigenvalue weighted by Crippen LogP contribution is 2.26. The molecule has 0 N–H and O–H groups in total. The molecule has 0 radical (unpaired) electrons. The van der Waals surface area contributed by atoms with Crippen LogP contribution in [-0.4, -0.2) is 4.92 Å². The molecule has 0 aromatic heterocycles. The Morgan fingerprint density at radius 1 is 1.30 bits per heavy atom. The molecule has 0 aliphatic carbocycles. The van der Waals surface area contributed by atoms with Crippen LogP contribution in [0.15, 0.2) is 40.9 Å². The summed E-state index contributed by atoms with van der Waals surface area (Å²) in [4.78, 5) is 10.2. The number of rotatable bonds is 4. The Labute approximate surface area is 129 Å². The maximum absolute atomic E-state index is 10.6. The van der Waals surface area contributed by atoms with Gasteiger partial charge in [0.25, 0.3) is 5.69 Å². The molecule has 2 aromatic carbocycles. The van der Waals surface area contributed by atoms with Crippen LogP contribution in [0, 0.1) is 17.0 Å². The third-order valence-electron chi connectivity index (χ3n) is 2.77. The van der Waals surface area contributed by atoms with Gasteiger partial charge in [-0.1, -0.05) is 27.5 Å². The van der Waals surface area contributed by atoms with E-state index in [1.807, 2.05) is 25.1 Å². The van der Waals surface area contributed by atoms with Gasteiger partial charge in [-0.3, -0.25) is 10.1 Å². The monoisotopic (exact) mass is 355 g/mol. The first-order chi connectivity index (χ1) is 9.47. The van der Waals surface area contributed by atoms with Crippen molar-refractivity contribution in [2.45, 2.75) is 13.5 Å². The molecule has 0 aliphatic rings. The molecule has 0 aliphatic heterocycles. The van der Waals surface area contributed by atoms with Crippen LogP contribution >= 0.6 is 27.5 Å². The first kappa shape index (κ1) is 14.8. The fourth-order valence-corrected chi connectivity index (χ4v) is 2.40. The Kier molecular flexibility index (Phi) is 4.62. The number of aryl methyl sites for hydroxylation is 1. The van der Waals surface area contributed by atoms with E-state index in [0.717, 1.165) is 15.8 Å². The highest BCUT2D eigenvalue weighted by atomic mass is 79.9. The maximum Gasteiger partial charge on any atom is 0.270 e. The smallest absolute Gasteiger partial charge is 0.270 e. The van der Waals surface area contributed by atoms with E-state index < -0.39 is 4.92 Å². The fourth-order valence-electron chi connectivity index (χ4n) is 1.70. The molecule has 2 aromatic rings. The van der Waals surface area contributed by atoms with Crippen molar-refractivity contribution >= 4 is 33.2 Å². The summed E-state index contributed by atoms with van der Waals surface area (Å²) in [7, 11) is 0. The summed E-state index contributed by atoms with van der Waals surface area (Å²) in [6, 6.07) is 10.0. The van der Waals surface area contributed by atoms with Gasteiger partial charge in [0.2, 0.25) is 0 Å². The summed E-state index contributed by atoms with van der Waals surface area (Å²) < 4.78 is 6.67. The number of non-ortho nitro benzene ring substituents is 1. The number of nitro benzene ring substituents is 1. The van der Waals surface area contributed by atoms with Crippen molar-refractivity contribution in [2.24, 2.45) is 0 Å². The average Bonchev–Trinajstić information content (AvgIpc) is 2.38. The molecule has 0 bridgehead atoms. The minimum atomic E-state index is -0.477. The molecule has 104 valence electrons. The maximum atomic E-state index is 10.6. The van der Waals surface area contributed by atoms with Crippen molar-refractivity contribution in [1.29, 1.82) is 0 Å². The van der Waals surface area contributed by atoms with Gasteiger partial charge in [0.05, 0.1) is 9.95 Å². The first-order valence-corrected chi connectivity index (χ1v) is 6.96. The molecule has 0 fully saturated rings. The topological polar surface area (TPSA) is 52.4 Å². The lowest BCUT2D eigenvalue weighted by atomic mass is 10.2. The van der Waals surface area contributed by atoms with E-state index in [2.05, 4.69) is 15.9 Å². The molecule has 0 saturated heterocycles. The van der Waals surface area contributed by atoms with Crippen molar-refractivity contribution < 1.29 is 9.66 Å². The van der Waals surface area contributed by atoms with Gasteiger partial charge in [0.1, 0.15) is 12.4 Å². The summed E-state index contributed by atoms with van der Waals surface area (Å²) in [5, 5.41) is 11.0. The van der Waals surface area contributed by atoms with Crippen LogP contribution in [0.1, 0.15) is 11.1 Å². The summed E-state index contributed by atoms with van der Waals surface area (Å²) >= 11 is 9.40. The van der Waals surface area contributed by atoms with Crippen molar-refractivity contribution in [2.75, 3.05) is 0 Å². The van der Waals surface area contributed by atoms with Gasteiger partial charge >= 0.3 is 0 Å². The molecule has 2 rings (SSSR count). The summed E-state index contributed by atoms with van der Waals surface area (Å²) in [5.41, 5.74) is 1.68. The van der Waals surface area contributed by atoms with Crippen LogP contribution in [0.4, 0.5) is 5.69 Å². The van der Waals surface area contributed by atoms with Gasteiger partial charge in [0, 0.05) is 22.2 Å². The van der Waals surface area contributed by atoms with Crippen LogP contribution in [-0.2, 0) is 6.61 Å². The van der Waals surface area contributed by atoms with Crippen molar-refractivity contribution in [3.8, 4) is 5.75 Å². The zero-order valence-corrected chi connectivity index (χ0v) is 12.9. The van der Waals surface area contributed by atoms with E-state index in [1.165, 1.54) is 12.1 Å². The molecule has 0 heterocycles. The second-order valence-electron chi connectivity index (χ2n) is 4.23. The van der Waals surface area contributed by atoms with E-state index in [-0.39, 0.29) is 12.3 Å². The molecule has 0 atom stereocenters. The molecular weight excluding hydrogens is 346 g/mol. The first-order valence-electron chi connectivity index (χ1n) is 5.79.